The molecule has 3 aromatic rings. The lowest BCUT2D eigenvalue weighted by atomic mass is 10.1. The van der Waals surface area contributed by atoms with Crippen LogP contribution in [-0.2, 0) is 11.3 Å². The Balaban J connectivity index is 1.75. The average Bonchev–Trinajstić information content (AvgIpc) is 2.83. The van der Waals surface area contributed by atoms with Gasteiger partial charge in [-0.1, -0.05) is 41.9 Å². The van der Waals surface area contributed by atoms with Crippen LogP contribution in [0.1, 0.15) is 24.2 Å². The van der Waals surface area contributed by atoms with Gasteiger partial charge >= 0.3 is 0 Å². The summed E-state index contributed by atoms with van der Waals surface area (Å²) in [7, 11) is 0. The highest BCUT2D eigenvalue weighted by Crippen LogP contribution is 2.20. The number of carbonyl (C=O) groups is 1. The van der Waals surface area contributed by atoms with Crippen molar-refractivity contribution in [2.75, 3.05) is 0 Å². The first-order chi connectivity index (χ1) is 11.0. The van der Waals surface area contributed by atoms with Crippen LogP contribution < -0.4 is 5.32 Å². The summed E-state index contributed by atoms with van der Waals surface area (Å²) in [6.45, 7) is 4.29. The Labute approximate surface area is 140 Å². The summed E-state index contributed by atoms with van der Waals surface area (Å²) in [5.41, 5.74) is 3.16. The number of halogens is 1. The molecule has 1 amide bonds. The van der Waals surface area contributed by atoms with Crippen LogP contribution in [0, 0.1) is 6.92 Å². The third kappa shape index (κ3) is 3.40. The Hall–Kier alpha value is -2.26. The number of amides is 1. The molecule has 1 heterocycles. The van der Waals surface area contributed by atoms with Crippen LogP contribution in [-0.4, -0.2) is 10.5 Å². The summed E-state index contributed by atoms with van der Waals surface area (Å²) < 4.78 is 2.04. The van der Waals surface area contributed by atoms with Gasteiger partial charge in [0.2, 0.25) is 5.91 Å². The average molecular weight is 327 g/mol. The summed E-state index contributed by atoms with van der Waals surface area (Å²) in [4.78, 5) is 12.4. The molecule has 23 heavy (non-hydrogen) atoms. The van der Waals surface area contributed by atoms with E-state index < -0.39 is 0 Å². The van der Waals surface area contributed by atoms with Gasteiger partial charge in [-0.3, -0.25) is 4.79 Å². The van der Waals surface area contributed by atoms with Crippen molar-refractivity contribution in [2.24, 2.45) is 0 Å². The van der Waals surface area contributed by atoms with E-state index in [0.717, 1.165) is 22.2 Å². The van der Waals surface area contributed by atoms with E-state index in [1.807, 2.05) is 60.9 Å². The summed E-state index contributed by atoms with van der Waals surface area (Å²) in [6, 6.07) is 17.7. The molecule has 0 spiro atoms. The van der Waals surface area contributed by atoms with Gasteiger partial charge in [0.15, 0.2) is 0 Å². The number of nitrogens with zero attached hydrogens (tertiary/aromatic N) is 1. The third-order valence-corrected chi connectivity index (χ3v) is 4.28. The second kappa shape index (κ2) is 6.47. The van der Waals surface area contributed by atoms with Crippen molar-refractivity contribution in [3.05, 3.63) is 70.9 Å². The number of aryl methyl sites for hydroxylation is 1. The predicted octanol–water partition coefficient (Wildman–Crippen LogP) is 4.48. The van der Waals surface area contributed by atoms with Crippen molar-refractivity contribution in [1.29, 1.82) is 0 Å². The van der Waals surface area contributed by atoms with Gasteiger partial charge in [-0.2, -0.15) is 0 Å². The molecule has 0 unspecified atom stereocenters. The van der Waals surface area contributed by atoms with Gasteiger partial charge in [0.1, 0.15) is 6.54 Å². The van der Waals surface area contributed by atoms with Gasteiger partial charge in [0.05, 0.1) is 6.04 Å². The fourth-order valence-electron chi connectivity index (χ4n) is 2.85. The second-order valence-electron chi connectivity index (χ2n) is 5.77. The second-order valence-corrected chi connectivity index (χ2v) is 6.21. The van der Waals surface area contributed by atoms with Crippen molar-refractivity contribution in [2.45, 2.75) is 26.4 Å². The molecule has 0 aliphatic rings. The first-order valence-electron chi connectivity index (χ1n) is 7.64. The van der Waals surface area contributed by atoms with Crippen molar-refractivity contribution in [1.82, 2.24) is 9.88 Å². The first-order valence-corrected chi connectivity index (χ1v) is 8.02. The zero-order valence-electron chi connectivity index (χ0n) is 13.2. The minimum absolute atomic E-state index is 0.0121. The number of benzene rings is 2. The number of rotatable bonds is 4. The number of fused-ring (bicyclic) bond motifs is 1. The largest absolute Gasteiger partial charge is 0.348 e. The van der Waals surface area contributed by atoms with Gasteiger partial charge in [-0.25, -0.2) is 0 Å². The fraction of sp³-hybridized carbons (Fsp3) is 0.211. The molecule has 118 valence electrons. The normalized spacial score (nSPS) is 12.3. The molecule has 2 aromatic carbocycles. The van der Waals surface area contributed by atoms with Gasteiger partial charge in [0, 0.05) is 16.2 Å². The number of hydrogen-bond donors (Lipinski definition) is 1. The van der Waals surface area contributed by atoms with Gasteiger partial charge in [-0.05, 0) is 49.1 Å². The van der Waals surface area contributed by atoms with Crippen LogP contribution in [0.15, 0.2) is 54.6 Å². The Morgan fingerprint density at radius 3 is 2.74 bits per heavy atom. The van der Waals surface area contributed by atoms with Crippen LogP contribution in [0.3, 0.4) is 0 Å². The molecule has 1 aromatic heterocycles. The third-order valence-electron chi connectivity index (χ3n) is 4.05. The van der Waals surface area contributed by atoms with Crippen molar-refractivity contribution >= 4 is 28.4 Å². The molecule has 1 atom stereocenters. The molecule has 1 N–H and O–H groups in total. The summed E-state index contributed by atoms with van der Waals surface area (Å²) in [6.07, 6.45) is 0. The predicted molar refractivity (Wildman–Crippen MR) is 94.7 cm³/mol. The Morgan fingerprint density at radius 1 is 1.17 bits per heavy atom. The lowest BCUT2D eigenvalue weighted by Gasteiger charge is -2.16. The number of hydrogen-bond acceptors (Lipinski definition) is 1. The van der Waals surface area contributed by atoms with E-state index in [1.165, 1.54) is 0 Å². The molecule has 0 radical (unpaired) electrons. The highest BCUT2D eigenvalue weighted by atomic mass is 35.5. The molecule has 0 bridgehead atoms. The molecule has 0 fully saturated rings. The number of carbonyl (C=O) groups excluding carboxylic acids is 1. The number of nitrogens with one attached hydrogen (secondary N) is 1. The van der Waals surface area contributed by atoms with E-state index in [9.17, 15) is 4.79 Å². The zero-order valence-corrected chi connectivity index (χ0v) is 14.0. The number of para-hydroxylation sites is 1. The van der Waals surface area contributed by atoms with Crippen LogP contribution in [0.5, 0.6) is 0 Å². The highest BCUT2D eigenvalue weighted by Gasteiger charge is 2.13. The molecule has 4 heteroatoms. The molecule has 3 rings (SSSR count). The minimum atomic E-state index is -0.0802. The summed E-state index contributed by atoms with van der Waals surface area (Å²) in [5.74, 6) is -0.0121. The molecule has 0 aliphatic heterocycles. The topological polar surface area (TPSA) is 34.0 Å². The molecule has 3 nitrogen and oxygen atoms in total. The maximum absolute atomic E-state index is 12.4. The molecule has 0 saturated heterocycles. The van der Waals surface area contributed by atoms with E-state index >= 15 is 0 Å². The molecular formula is C19H19ClN2O. The molecular weight excluding hydrogens is 308 g/mol. The van der Waals surface area contributed by atoms with Crippen molar-refractivity contribution in [3.8, 4) is 0 Å². The van der Waals surface area contributed by atoms with Crippen LogP contribution in [0.2, 0.25) is 5.02 Å². The maximum atomic E-state index is 12.4. The Morgan fingerprint density at radius 2 is 1.96 bits per heavy atom. The van der Waals surface area contributed by atoms with Crippen molar-refractivity contribution in [3.63, 3.8) is 0 Å². The van der Waals surface area contributed by atoms with Crippen LogP contribution in [0.25, 0.3) is 10.9 Å². The Bertz CT molecular complexity index is 853. The lowest BCUT2D eigenvalue weighted by Crippen LogP contribution is -2.30. The van der Waals surface area contributed by atoms with E-state index in [4.69, 9.17) is 11.6 Å². The van der Waals surface area contributed by atoms with Crippen LogP contribution in [0.4, 0.5) is 0 Å². The fourth-order valence-corrected chi connectivity index (χ4v) is 3.05. The smallest absolute Gasteiger partial charge is 0.240 e. The monoisotopic (exact) mass is 326 g/mol. The first kappa shape index (κ1) is 15.6. The SMILES string of the molecule is Cc1cc2ccccc2n1CC(=O)N[C@@H](C)c1cccc(Cl)c1. The summed E-state index contributed by atoms with van der Waals surface area (Å²) in [5, 5.41) is 4.87. The van der Waals surface area contributed by atoms with E-state index in [1.54, 1.807) is 0 Å². The maximum Gasteiger partial charge on any atom is 0.240 e. The quantitative estimate of drug-likeness (QED) is 0.753. The van der Waals surface area contributed by atoms with E-state index in [0.29, 0.717) is 11.6 Å². The van der Waals surface area contributed by atoms with Crippen LogP contribution >= 0.6 is 11.6 Å². The van der Waals surface area contributed by atoms with Gasteiger partial charge < -0.3 is 9.88 Å². The Kier molecular flexibility index (Phi) is 4.39. The van der Waals surface area contributed by atoms with Gasteiger partial charge in [0.25, 0.3) is 0 Å². The zero-order chi connectivity index (χ0) is 16.4. The van der Waals surface area contributed by atoms with E-state index in [-0.39, 0.29) is 11.9 Å². The van der Waals surface area contributed by atoms with Crippen molar-refractivity contribution < 1.29 is 4.79 Å². The lowest BCUT2D eigenvalue weighted by molar-refractivity contribution is -0.122. The molecule has 0 saturated carbocycles. The standard InChI is InChI=1S/C19H19ClN2O/c1-13-10-16-6-3-4-9-18(16)22(13)12-19(23)21-14(2)15-7-5-8-17(20)11-15/h3-11,14H,12H2,1-2H3,(H,21,23)/t14-/m0/s1. The summed E-state index contributed by atoms with van der Waals surface area (Å²) >= 11 is 6.01. The highest BCUT2D eigenvalue weighted by molar-refractivity contribution is 6.30. The minimum Gasteiger partial charge on any atom is -0.348 e. The van der Waals surface area contributed by atoms with E-state index in [2.05, 4.69) is 17.4 Å². The van der Waals surface area contributed by atoms with Gasteiger partial charge in [-0.15, -0.1) is 0 Å². The number of aromatic nitrogens is 1. The molecule has 0 aliphatic carbocycles.